The maximum Gasteiger partial charge on any atom is 0.262 e. The number of carbonyl (C=O) groups is 1. The maximum atomic E-state index is 15.1. The molecular weight excluding hydrogens is 531 g/mol. The fourth-order valence-electron chi connectivity index (χ4n) is 4.51. The largest absolute Gasteiger partial charge is 0.438 e. The minimum atomic E-state index is -0.427. The number of carbonyl (C=O) groups excluding carboxylic acids is 1. The average molecular weight is 561 g/mol. The highest BCUT2D eigenvalue weighted by Gasteiger charge is 2.20. The average Bonchev–Trinajstić information content (AvgIpc) is 2.92. The van der Waals surface area contributed by atoms with Crippen LogP contribution in [0.2, 0.25) is 5.02 Å². The van der Waals surface area contributed by atoms with Gasteiger partial charge in [0.15, 0.2) is 0 Å². The van der Waals surface area contributed by atoms with Crippen LogP contribution in [0.4, 0.5) is 27.4 Å². The van der Waals surface area contributed by atoms with Crippen LogP contribution in [0.3, 0.4) is 0 Å². The summed E-state index contributed by atoms with van der Waals surface area (Å²) in [6.07, 6.45) is 1.38. The van der Waals surface area contributed by atoms with Crippen LogP contribution in [0.25, 0.3) is 0 Å². The molecule has 2 N–H and O–H groups in total. The van der Waals surface area contributed by atoms with Gasteiger partial charge in [-0.1, -0.05) is 35.9 Å². The van der Waals surface area contributed by atoms with Crippen LogP contribution in [-0.2, 0) is 0 Å². The van der Waals surface area contributed by atoms with Gasteiger partial charge in [-0.05, 0) is 68.4 Å². The lowest BCUT2D eigenvalue weighted by Crippen LogP contribution is -2.44. The van der Waals surface area contributed by atoms with E-state index in [1.165, 1.54) is 12.3 Å². The molecule has 0 aliphatic carbocycles. The Bertz CT molecular complexity index is 1520. The van der Waals surface area contributed by atoms with Gasteiger partial charge in [-0.3, -0.25) is 4.79 Å². The molecule has 40 heavy (non-hydrogen) atoms. The molecule has 0 unspecified atom stereocenters. The highest BCUT2D eigenvalue weighted by atomic mass is 35.5. The number of amides is 1. The first-order valence-corrected chi connectivity index (χ1v) is 13.3. The van der Waals surface area contributed by atoms with Gasteiger partial charge in [0, 0.05) is 48.8 Å². The summed E-state index contributed by atoms with van der Waals surface area (Å²) in [5.74, 6) is -0.190. The molecule has 0 saturated carbocycles. The van der Waals surface area contributed by atoms with E-state index < -0.39 is 5.91 Å². The second-order valence-electron chi connectivity index (χ2n) is 9.77. The van der Waals surface area contributed by atoms with Crippen LogP contribution in [0.5, 0.6) is 11.6 Å². The molecule has 1 aromatic heterocycles. The lowest BCUT2D eigenvalue weighted by molar-refractivity contribution is 0.102. The van der Waals surface area contributed by atoms with Crippen molar-refractivity contribution >= 4 is 40.5 Å². The Morgan fingerprint density at radius 2 is 1.73 bits per heavy atom. The lowest BCUT2D eigenvalue weighted by atomic mass is 10.1. The molecule has 206 valence electrons. The molecule has 0 atom stereocenters. The van der Waals surface area contributed by atoms with Gasteiger partial charge in [0.1, 0.15) is 17.1 Å². The van der Waals surface area contributed by atoms with Crippen molar-refractivity contribution in [1.29, 1.82) is 0 Å². The van der Waals surface area contributed by atoms with Gasteiger partial charge in [-0.15, -0.1) is 0 Å². The number of nitrogens with one attached hydrogen (secondary N) is 2. The second-order valence-corrected chi connectivity index (χ2v) is 10.2. The third-order valence-corrected chi connectivity index (χ3v) is 7.01. The number of benzene rings is 3. The number of aryl methyl sites for hydroxylation is 2. The molecule has 3 aromatic carbocycles. The highest BCUT2D eigenvalue weighted by molar-refractivity contribution is 6.30. The molecule has 1 fully saturated rings. The minimum absolute atomic E-state index is 0.0260. The van der Waals surface area contributed by atoms with Crippen molar-refractivity contribution in [2.75, 3.05) is 48.8 Å². The zero-order valence-corrected chi connectivity index (χ0v) is 23.3. The SMILES string of the molecule is Cc1cccc(C)c1NC(=O)c1cnc(Nc2ccc(N3CCN(C)CC3)c(F)c2)nc1Oc1cccc(Cl)c1. The number of para-hydroxylation sites is 1. The standard InChI is InChI=1S/C30H30ClFN6O2/c1-19-6-4-7-20(2)27(19)35-28(39)24-18-33-30(36-29(24)40-23-9-5-8-21(31)16-23)34-22-10-11-26(25(32)17-22)38-14-12-37(3)13-15-38/h4-11,16-18H,12-15H2,1-3H3,(H,35,39)(H,33,34,36). The number of hydrogen-bond acceptors (Lipinski definition) is 7. The second kappa shape index (κ2) is 11.9. The van der Waals surface area contributed by atoms with Crippen molar-refractivity contribution in [2.45, 2.75) is 13.8 Å². The van der Waals surface area contributed by atoms with Crippen LogP contribution < -0.4 is 20.3 Å². The van der Waals surface area contributed by atoms with E-state index in [0.29, 0.717) is 27.8 Å². The Labute approximate surface area is 237 Å². The van der Waals surface area contributed by atoms with Crippen molar-refractivity contribution in [1.82, 2.24) is 14.9 Å². The van der Waals surface area contributed by atoms with Crippen LogP contribution >= 0.6 is 11.6 Å². The molecule has 0 bridgehead atoms. The smallest absolute Gasteiger partial charge is 0.262 e. The molecule has 8 nitrogen and oxygen atoms in total. The molecule has 1 saturated heterocycles. The van der Waals surface area contributed by atoms with Crippen molar-refractivity contribution in [3.05, 3.63) is 94.4 Å². The summed E-state index contributed by atoms with van der Waals surface area (Å²) in [5.41, 5.74) is 3.71. The molecule has 5 rings (SSSR count). The van der Waals surface area contributed by atoms with Crippen LogP contribution in [0, 0.1) is 19.7 Å². The van der Waals surface area contributed by atoms with Gasteiger partial charge >= 0.3 is 0 Å². The van der Waals surface area contributed by atoms with E-state index in [0.717, 1.165) is 37.3 Å². The van der Waals surface area contributed by atoms with E-state index in [9.17, 15) is 4.79 Å². The Kier molecular flexibility index (Phi) is 8.14. The van der Waals surface area contributed by atoms with Gasteiger partial charge in [0.2, 0.25) is 11.8 Å². The number of rotatable bonds is 7. The van der Waals surface area contributed by atoms with E-state index in [1.807, 2.05) is 36.9 Å². The molecule has 4 aromatic rings. The van der Waals surface area contributed by atoms with Crippen LogP contribution in [0.1, 0.15) is 21.5 Å². The van der Waals surface area contributed by atoms with E-state index in [-0.39, 0.29) is 23.2 Å². The van der Waals surface area contributed by atoms with Gasteiger partial charge in [-0.2, -0.15) is 4.98 Å². The Balaban J connectivity index is 1.42. The number of halogens is 2. The van der Waals surface area contributed by atoms with Gasteiger partial charge in [0.05, 0.1) is 5.69 Å². The van der Waals surface area contributed by atoms with Crippen LogP contribution in [0.15, 0.2) is 66.9 Å². The molecular formula is C30H30ClFN6O2. The zero-order valence-electron chi connectivity index (χ0n) is 22.5. The summed E-state index contributed by atoms with van der Waals surface area (Å²) in [4.78, 5) is 26.4. The number of nitrogens with zero attached hydrogens (tertiary/aromatic N) is 4. The van der Waals surface area contributed by atoms with Gasteiger partial charge < -0.3 is 25.2 Å². The summed E-state index contributed by atoms with van der Waals surface area (Å²) in [7, 11) is 2.06. The number of aromatic nitrogens is 2. The first-order valence-electron chi connectivity index (χ1n) is 12.9. The first kappa shape index (κ1) is 27.4. The normalized spacial score (nSPS) is 13.7. The maximum absolute atomic E-state index is 15.1. The topological polar surface area (TPSA) is 82.6 Å². The Hall–Kier alpha value is -4.21. The first-order chi connectivity index (χ1) is 19.3. The highest BCUT2D eigenvalue weighted by Crippen LogP contribution is 2.30. The Morgan fingerprint density at radius 1 is 1.00 bits per heavy atom. The fraction of sp³-hybridized carbons (Fsp3) is 0.233. The van der Waals surface area contributed by atoms with Crippen molar-refractivity contribution in [3.8, 4) is 11.6 Å². The Morgan fingerprint density at radius 3 is 2.42 bits per heavy atom. The molecule has 1 aliphatic rings. The fourth-order valence-corrected chi connectivity index (χ4v) is 4.69. The predicted molar refractivity (Wildman–Crippen MR) is 157 cm³/mol. The molecule has 1 amide bonds. The van der Waals surface area contributed by atoms with E-state index in [2.05, 4.69) is 32.5 Å². The summed E-state index contributed by atoms with van der Waals surface area (Å²) < 4.78 is 21.1. The summed E-state index contributed by atoms with van der Waals surface area (Å²) >= 11 is 6.14. The van der Waals surface area contributed by atoms with E-state index in [1.54, 1.807) is 36.4 Å². The molecule has 1 aliphatic heterocycles. The molecule has 10 heteroatoms. The third kappa shape index (κ3) is 6.32. The summed E-state index contributed by atoms with van der Waals surface area (Å²) in [6, 6.07) is 17.5. The minimum Gasteiger partial charge on any atom is -0.438 e. The number of anilines is 4. The van der Waals surface area contributed by atoms with Gasteiger partial charge in [0.25, 0.3) is 5.91 Å². The van der Waals surface area contributed by atoms with Crippen molar-refractivity contribution < 1.29 is 13.9 Å². The summed E-state index contributed by atoms with van der Waals surface area (Å²) in [6.45, 7) is 7.13. The van der Waals surface area contributed by atoms with E-state index >= 15 is 4.39 Å². The number of likely N-dealkylation sites (N-methyl/N-ethyl adjacent to an activating group) is 1. The lowest BCUT2D eigenvalue weighted by Gasteiger charge is -2.34. The quantitative estimate of drug-likeness (QED) is 0.270. The third-order valence-electron chi connectivity index (χ3n) is 6.78. The molecule has 0 spiro atoms. The predicted octanol–water partition coefficient (Wildman–Crippen LogP) is 6.43. The number of piperazine rings is 1. The van der Waals surface area contributed by atoms with Crippen molar-refractivity contribution in [3.63, 3.8) is 0 Å². The van der Waals surface area contributed by atoms with Crippen molar-refractivity contribution in [2.24, 2.45) is 0 Å². The molecule has 2 heterocycles. The number of ether oxygens (including phenoxy) is 1. The monoisotopic (exact) mass is 560 g/mol. The summed E-state index contributed by atoms with van der Waals surface area (Å²) in [5, 5.41) is 6.45. The zero-order chi connectivity index (χ0) is 28.2. The number of hydrogen-bond donors (Lipinski definition) is 2. The molecule has 0 radical (unpaired) electrons. The van der Waals surface area contributed by atoms with Gasteiger partial charge in [-0.25, -0.2) is 9.37 Å². The van der Waals surface area contributed by atoms with E-state index in [4.69, 9.17) is 16.3 Å². The van der Waals surface area contributed by atoms with Crippen LogP contribution in [-0.4, -0.2) is 54.0 Å².